The molecule has 0 unspecified atom stereocenters. The van der Waals surface area contributed by atoms with E-state index in [4.69, 9.17) is 0 Å². The second-order valence-corrected chi connectivity index (χ2v) is 7.31. The van der Waals surface area contributed by atoms with Crippen LogP contribution in [0, 0.1) is 6.92 Å². The Bertz CT molecular complexity index is 1150. The zero-order chi connectivity index (χ0) is 18.4. The molecule has 1 aliphatic rings. The summed E-state index contributed by atoms with van der Waals surface area (Å²) in [5, 5.41) is 8.28. The molecule has 0 atom stereocenters. The Kier molecular flexibility index (Phi) is 3.67. The Morgan fingerprint density at radius 2 is 2.00 bits per heavy atom. The molecule has 27 heavy (non-hydrogen) atoms. The Hall–Kier alpha value is -3.21. The summed E-state index contributed by atoms with van der Waals surface area (Å²) in [5.74, 6) is 0.0600. The maximum atomic E-state index is 12.7. The molecule has 3 heterocycles. The minimum atomic E-state index is 0.0600. The SMILES string of the molecule is Cc1ccc(-c2cc3cc(CC(=O)c4n[nH]c5c4CCC5)cnc3[nH]2)cc1. The number of nitrogens with zero attached hydrogens (tertiary/aromatic N) is 2. The lowest BCUT2D eigenvalue weighted by atomic mass is 10.0. The van der Waals surface area contributed by atoms with Crippen LogP contribution in [-0.4, -0.2) is 25.9 Å². The van der Waals surface area contributed by atoms with Crippen LogP contribution in [-0.2, 0) is 19.3 Å². The second-order valence-electron chi connectivity index (χ2n) is 7.31. The van der Waals surface area contributed by atoms with Gasteiger partial charge in [0.25, 0.3) is 0 Å². The van der Waals surface area contributed by atoms with E-state index in [2.05, 4.69) is 57.4 Å². The molecule has 0 saturated heterocycles. The minimum Gasteiger partial charge on any atom is -0.339 e. The van der Waals surface area contributed by atoms with Gasteiger partial charge in [0.2, 0.25) is 0 Å². The number of rotatable bonds is 4. The zero-order valence-corrected chi connectivity index (χ0v) is 15.2. The summed E-state index contributed by atoms with van der Waals surface area (Å²) in [6.07, 6.45) is 5.15. The molecule has 0 fully saturated rings. The van der Waals surface area contributed by atoms with E-state index < -0.39 is 0 Å². The normalized spacial score (nSPS) is 13.2. The molecule has 0 spiro atoms. The van der Waals surface area contributed by atoms with Crippen molar-refractivity contribution >= 4 is 16.8 Å². The summed E-state index contributed by atoms with van der Waals surface area (Å²) in [5.41, 5.74) is 7.99. The van der Waals surface area contributed by atoms with Crippen LogP contribution >= 0.6 is 0 Å². The Balaban J connectivity index is 1.42. The van der Waals surface area contributed by atoms with Gasteiger partial charge in [0.1, 0.15) is 11.3 Å². The lowest BCUT2D eigenvalue weighted by molar-refractivity contribution is 0.0987. The van der Waals surface area contributed by atoms with Crippen molar-refractivity contribution in [3.8, 4) is 11.3 Å². The van der Waals surface area contributed by atoms with Gasteiger partial charge in [-0.2, -0.15) is 5.10 Å². The van der Waals surface area contributed by atoms with Gasteiger partial charge in [0, 0.05) is 35.0 Å². The van der Waals surface area contributed by atoms with Crippen molar-refractivity contribution in [3.63, 3.8) is 0 Å². The number of aromatic amines is 2. The maximum absolute atomic E-state index is 12.7. The number of ketones is 1. The van der Waals surface area contributed by atoms with E-state index in [1.165, 1.54) is 5.56 Å². The third kappa shape index (κ3) is 2.85. The molecule has 1 aliphatic carbocycles. The summed E-state index contributed by atoms with van der Waals surface area (Å²) in [4.78, 5) is 20.6. The summed E-state index contributed by atoms with van der Waals surface area (Å²) in [6.45, 7) is 2.08. The number of aryl methyl sites for hydroxylation is 2. The molecule has 5 nitrogen and oxygen atoms in total. The van der Waals surface area contributed by atoms with E-state index in [1.807, 2.05) is 6.07 Å². The smallest absolute Gasteiger partial charge is 0.187 e. The average Bonchev–Trinajstić information content (AvgIpc) is 3.37. The standard InChI is InChI=1S/C22H20N4O/c1-13-5-7-15(8-6-13)19-11-16-9-14(12-23-22(16)24-19)10-20(27)21-17-3-2-4-18(17)25-26-21/h5-9,11-12H,2-4,10H2,1H3,(H,23,24)(H,25,26). The highest BCUT2D eigenvalue weighted by atomic mass is 16.1. The van der Waals surface area contributed by atoms with Crippen molar-refractivity contribution < 1.29 is 4.79 Å². The molecule has 0 bridgehead atoms. The van der Waals surface area contributed by atoms with Crippen LogP contribution in [0.4, 0.5) is 0 Å². The number of aromatic nitrogens is 4. The largest absolute Gasteiger partial charge is 0.339 e. The van der Waals surface area contributed by atoms with Crippen LogP contribution < -0.4 is 0 Å². The predicted octanol–water partition coefficient (Wildman–Crippen LogP) is 4.18. The molecule has 5 rings (SSSR count). The van der Waals surface area contributed by atoms with E-state index in [1.54, 1.807) is 6.20 Å². The first-order valence-corrected chi connectivity index (χ1v) is 9.31. The van der Waals surface area contributed by atoms with Crippen molar-refractivity contribution in [2.45, 2.75) is 32.6 Å². The highest BCUT2D eigenvalue weighted by Crippen LogP contribution is 2.26. The molecule has 0 saturated carbocycles. The van der Waals surface area contributed by atoms with Crippen molar-refractivity contribution in [3.05, 3.63) is 70.7 Å². The molecule has 1 aromatic carbocycles. The quantitative estimate of drug-likeness (QED) is 0.539. The van der Waals surface area contributed by atoms with Crippen LogP contribution in [0.2, 0.25) is 0 Å². The average molecular weight is 356 g/mol. The Labute approximate surface area is 156 Å². The highest BCUT2D eigenvalue weighted by Gasteiger charge is 2.23. The van der Waals surface area contributed by atoms with E-state index in [-0.39, 0.29) is 5.78 Å². The number of carbonyl (C=O) groups excluding carboxylic acids is 1. The molecule has 134 valence electrons. The Morgan fingerprint density at radius 1 is 1.15 bits per heavy atom. The van der Waals surface area contributed by atoms with Gasteiger partial charge < -0.3 is 4.98 Å². The fraction of sp³-hybridized carbons (Fsp3) is 0.227. The van der Waals surface area contributed by atoms with Gasteiger partial charge >= 0.3 is 0 Å². The fourth-order valence-electron chi connectivity index (χ4n) is 3.87. The monoisotopic (exact) mass is 356 g/mol. The van der Waals surface area contributed by atoms with E-state index >= 15 is 0 Å². The summed E-state index contributed by atoms with van der Waals surface area (Å²) in [6, 6.07) is 12.5. The highest BCUT2D eigenvalue weighted by molar-refractivity contribution is 5.98. The molecular weight excluding hydrogens is 336 g/mol. The number of pyridine rings is 1. The third-order valence-corrected chi connectivity index (χ3v) is 5.32. The number of hydrogen-bond acceptors (Lipinski definition) is 3. The number of nitrogens with one attached hydrogen (secondary N) is 2. The first kappa shape index (κ1) is 16.0. The number of hydrogen-bond donors (Lipinski definition) is 2. The van der Waals surface area contributed by atoms with Crippen LogP contribution in [0.1, 0.15) is 39.3 Å². The molecule has 3 aromatic heterocycles. The van der Waals surface area contributed by atoms with Crippen LogP contribution in [0.5, 0.6) is 0 Å². The number of Topliss-reactive ketones (excluding diaryl/α,β-unsaturated/α-hetero) is 1. The maximum Gasteiger partial charge on any atom is 0.187 e. The first-order chi connectivity index (χ1) is 13.2. The summed E-state index contributed by atoms with van der Waals surface area (Å²) < 4.78 is 0. The molecule has 5 heteroatoms. The number of H-pyrrole nitrogens is 2. The van der Waals surface area contributed by atoms with Gasteiger partial charge in [0.15, 0.2) is 5.78 Å². The van der Waals surface area contributed by atoms with Gasteiger partial charge in [0.05, 0.1) is 0 Å². The van der Waals surface area contributed by atoms with E-state index in [0.29, 0.717) is 12.1 Å². The predicted molar refractivity (Wildman–Crippen MR) is 105 cm³/mol. The third-order valence-electron chi connectivity index (χ3n) is 5.32. The minimum absolute atomic E-state index is 0.0600. The molecule has 0 aliphatic heterocycles. The van der Waals surface area contributed by atoms with Gasteiger partial charge in [-0.3, -0.25) is 9.89 Å². The molecule has 2 N–H and O–H groups in total. The van der Waals surface area contributed by atoms with Gasteiger partial charge in [-0.15, -0.1) is 0 Å². The van der Waals surface area contributed by atoms with E-state index in [9.17, 15) is 4.79 Å². The summed E-state index contributed by atoms with van der Waals surface area (Å²) in [7, 11) is 0. The number of benzene rings is 1. The van der Waals surface area contributed by atoms with Crippen molar-refractivity contribution in [2.24, 2.45) is 0 Å². The lowest BCUT2D eigenvalue weighted by Crippen LogP contribution is -2.07. The summed E-state index contributed by atoms with van der Waals surface area (Å²) >= 11 is 0. The number of fused-ring (bicyclic) bond motifs is 2. The molecular formula is C22H20N4O. The number of carbonyl (C=O) groups is 1. The van der Waals surface area contributed by atoms with Gasteiger partial charge in [-0.25, -0.2) is 4.98 Å². The van der Waals surface area contributed by atoms with Crippen molar-refractivity contribution in [1.29, 1.82) is 0 Å². The van der Waals surface area contributed by atoms with Crippen LogP contribution in [0.25, 0.3) is 22.3 Å². The lowest BCUT2D eigenvalue weighted by Gasteiger charge is -2.00. The molecule has 0 radical (unpaired) electrons. The zero-order valence-electron chi connectivity index (χ0n) is 15.2. The molecule has 0 amide bonds. The van der Waals surface area contributed by atoms with E-state index in [0.717, 1.165) is 58.4 Å². The Morgan fingerprint density at radius 3 is 2.85 bits per heavy atom. The van der Waals surface area contributed by atoms with Crippen molar-refractivity contribution in [1.82, 2.24) is 20.2 Å². The van der Waals surface area contributed by atoms with Crippen LogP contribution in [0.15, 0.2) is 42.6 Å². The second kappa shape index (κ2) is 6.20. The van der Waals surface area contributed by atoms with Gasteiger partial charge in [-0.1, -0.05) is 29.8 Å². The van der Waals surface area contributed by atoms with Crippen LogP contribution in [0.3, 0.4) is 0 Å². The topological polar surface area (TPSA) is 74.4 Å². The van der Waals surface area contributed by atoms with Gasteiger partial charge in [-0.05, 0) is 49.4 Å². The molecule has 4 aromatic rings. The fourth-order valence-corrected chi connectivity index (χ4v) is 3.87. The first-order valence-electron chi connectivity index (χ1n) is 9.31. The van der Waals surface area contributed by atoms with Crippen molar-refractivity contribution in [2.75, 3.05) is 0 Å².